The van der Waals surface area contributed by atoms with Crippen LogP contribution in [0.4, 0.5) is 0 Å². The molecule has 0 spiro atoms. The monoisotopic (exact) mass is 342 g/mol. The second-order valence-corrected chi connectivity index (χ2v) is 6.19. The van der Waals surface area contributed by atoms with Crippen molar-refractivity contribution < 1.29 is 9.47 Å². The van der Waals surface area contributed by atoms with Gasteiger partial charge < -0.3 is 9.47 Å². The molecule has 25 heavy (non-hydrogen) atoms. The van der Waals surface area contributed by atoms with Crippen LogP contribution in [0.15, 0.2) is 64.8 Å². The van der Waals surface area contributed by atoms with Crippen LogP contribution in [-0.4, -0.2) is 22.3 Å². The number of allylic oxidation sites excluding steroid dienone is 1. The molecule has 1 aromatic carbocycles. The zero-order valence-corrected chi connectivity index (χ0v) is 14.0. The van der Waals surface area contributed by atoms with E-state index in [0.717, 1.165) is 18.4 Å². The molecule has 1 aliphatic heterocycles. The van der Waals surface area contributed by atoms with Crippen LogP contribution in [-0.2, 0) is 16.1 Å². The lowest BCUT2D eigenvalue weighted by molar-refractivity contribution is -0.0535. The molecule has 2 heterocycles. The van der Waals surface area contributed by atoms with Crippen LogP contribution in [0.3, 0.4) is 0 Å². The smallest absolute Gasteiger partial charge is 0.330 e. The standard InChI is InChI=1S/C19H22N2O4/c1-2-6-15-11-16(13-24-12-14-7-4-3-5-8-14)25-18(15)21-10-9-17(22)20-19(21)23/h2-5,7-10,15-16,18H,1,6,11-13H2,(H,20,22,23). The molecule has 132 valence electrons. The van der Waals surface area contributed by atoms with Gasteiger partial charge in [0.05, 0.1) is 19.3 Å². The fraction of sp³-hybridized carbons (Fsp3) is 0.368. The largest absolute Gasteiger partial charge is 0.374 e. The van der Waals surface area contributed by atoms with E-state index < -0.39 is 17.5 Å². The minimum atomic E-state index is -0.461. The molecule has 1 saturated heterocycles. The lowest BCUT2D eigenvalue weighted by Gasteiger charge is -2.19. The highest BCUT2D eigenvalue weighted by Crippen LogP contribution is 2.36. The normalized spacial score (nSPS) is 22.8. The molecule has 0 aliphatic carbocycles. The number of hydrogen-bond acceptors (Lipinski definition) is 4. The number of aromatic nitrogens is 2. The molecule has 0 amide bonds. The van der Waals surface area contributed by atoms with E-state index >= 15 is 0 Å². The Morgan fingerprint density at radius 1 is 1.28 bits per heavy atom. The Kier molecular flexibility index (Phi) is 5.63. The summed E-state index contributed by atoms with van der Waals surface area (Å²) in [4.78, 5) is 25.6. The van der Waals surface area contributed by atoms with Gasteiger partial charge in [-0.1, -0.05) is 36.4 Å². The quantitative estimate of drug-likeness (QED) is 0.783. The van der Waals surface area contributed by atoms with Gasteiger partial charge in [0.2, 0.25) is 0 Å². The second kappa shape index (κ2) is 8.09. The summed E-state index contributed by atoms with van der Waals surface area (Å²) in [7, 11) is 0. The Labute approximate surface area is 145 Å². The SMILES string of the molecule is C=CCC1CC(COCc2ccccc2)OC1n1ccc(=O)[nH]c1=O. The highest BCUT2D eigenvalue weighted by molar-refractivity contribution is 5.13. The zero-order chi connectivity index (χ0) is 17.6. The Bertz CT molecular complexity index is 812. The first kappa shape index (κ1) is 17.4. The topological polar surface area (TPSA) is 73.3 Å². The van der Waals surface area contributed by atoms with Gasteiger partial charge in [0, 0.05) is 18.2 Å². The summed E-state index contributed by atoms with van der Waals surface area (Å²) in [6, 6.07) is 11.3. The van der Waals surface area contributed by atoms with E-state index in [-0.39, 0.29) is 12.0 Å². The molecule has 0 bridgehead atoms. The molecule has 1 fully saturated rings. The molecule has 0 radical (unpaired) electrons. The van der Waals surface area contributed by atoms with Crippen LogP contribution < -0.4 is 11.2 Å². The van der Waals surface area contributed by atoms with Crippen molar-refractivity contribution in [2.24, 2.45) is 5.92 Å². The average molecular weight is 342 g/mol. The Hall–Kier alpha value is -2.44. The number of H-pyrrole nitrogens is 1. The van der Waals surface area contributed by atoms with Gasteiger partial charge in [0.1, 0.15) is 6.23 Å². The van der Waals surface area contributed by atoms with Crippen LogP contribution in [0, 0.1) is 5.92 Å². The number of ether oxygens (including phenoxy) is 2. The van der Waals surface area contributed by atoms with Crippen molar-refractivity contribution in [3.05, 3.63) is 81.7 Å². The van der Waals surface area contributed by atoms with Gasteiger partial charge in [0.15, 0.2) is 0 Å². The van der Waals surface area contributed by atoms with Gasteiger partial charge >= 0.3 is 5.69 Å². The zero-order valence-electron chi connectivity index (χ0n) is 14.0. The van der Waals surface area contributed by atoms with Gasteiger partial charge in [-0.25, -0.2) is 4.79 Å². The molecule has 0 saturated carbocycles. The van der Waals surface area contributed by atoms with Gasteiger partial charge in [0.25, 0.3) is 5.56 Å². The molecule has 6 nitrogen and oxygen atoms in total. The number of nitrogens with zero attached hydrogens (tertiary/aromatic N) is 1. The number of aromatic amines is 1. The molecule has 3 rings (SSSR count). The predicted octanol–water partition coefficient (Wildman–Crippen LogP) is 2.23. The lowest BCUT2D eigenvalue weighted by Crippen LogP contribution is -2.33. The molecule has 3 unspecified atom stereocenters. The maximum Gasteiger partial charge on any atom is 0.330 e. The van der Waals surface area contributed by atoms with E-state index in [0.29, 0.717) is 13.2 Å². The first-order valence-corrected chi connectivity index (χ1v) is 8.37. The summed E-state index contributed by atoms with van der Waals surface area (Å²) < 4.78 is 13.2. The fourth-order valence-electron chi connectivity index (χ4n) is 3.15. The van der Waals surface area contributed by atoms with Gasteiger partial charge in [-0.15, -0.1) is 6.58 Å². The lowest BCUT2D eigenvalue weighted by atomic mass is 9.99. The minimum absolute atomic E-state index is 0.0995. The molecule has 3 atom stereocenters. The third kappa shape index (κ3) is 4.35. The summed E-state index contributed by atoms with van der Waals surface area (Å²) in [5.74, 6) is 0.117. The molecular weight excluding hydrogens is 320 g/mol. The van der Waals surface area contributed by atoms with E-state index in [1.54, 1.807) is 0 Å². The molecular formula is C19H22N2O4. The van der Waals surface area contributed by atoms with Gasteiger partial charge in [-0.2, -0.15) is 0 Å². The fourth-order valence-corrected chi connectivity index (χ4v) is 3.15. The summed E-state index contributed by atoms with van der Waals surface area (Å²) in [6.07, 6.45) is 4.29. The highest BCUT2D eigenvalue weighted by Gasteiger charge is 2.36. The molecule has 1 N–H and O–H groups in total. The summed E-state index contributed by atoms with van der Waals surface area (Å²) in [6.45, 7) is 4.76. The molecule has 2 aromatic rings. The van der Waals surface area contributed by atoms with Gasteiger partial charge in [-0.3, -0.25) is 14.3 Å². The van der Waals surface area contributed by atoms with E-state index in [1.165, 1.54) is 16.8 Å². The van der Waals surface area contributed by atoms with Crippen molar-refractivity contribution in [3.8, 4) is 0 Å². The summed E-state index contributed by atoms with van der Waals surface area (Å²) in [5, 5.41) is 0. The van der Waals surface area contributed by atoms with Crippen molar-refractivity contribution in [2.75, 3.05) is 6.61 Å². The van der Waals surface area contributed by atoms with Crippen LogP contribution in [0.5, 0.6) is 0 Å². The van der Waals surface area contributed by atoms with Crippen LogP contribution in [0.2, 0.25) is 0 Å². The van der Waals surface area contributed by atoms with E-state index in [4.69, 9.17) is 9.47 Å². The van der Waals surface area contributed by atoms with Gasteiger partial charge in [-0.05, 0) is 18.4 Å². The molecule has 1 aliphatic rings. The van der Waals surface area contributed by atoms with Crippen LogP contribution in [0.1, 0.15) is 24.6 Å². The predicted molar refractivity (Wildman–Crippen MR) is 94.3 cm³/mol. The number of hydrogen-bond donors (Lipinski definition) is 1. The van der Waals surface area contributed by atoms with Crippen molar-refractivity contribution in [1.29, 1.82) is 0 Å². The van der Waals surface area contributed by atoms with E-state index in [9.17, 15) is 9.59 Å². The third-order valence-corrected chi connectivity index (χ3v) is 4.31. The van der Waals surface area contributed by atoms with E-state index in [1.807, 2.05) is 36.4 Å². The van der Waals surface area contributed by atoms with Crippen molar-refractivity contribution in [1.82, 2.24) is 9.55 Å². The number of benzene rings is 1. The van der Waals surface area contributed by atoms with Crippen LogP contribution in [0.25, 0.3) is 0 Å². The van der Waals surface area contributed by atoms with Crippen molar-refractivity contribution in [3.63, 3.8) is 0 Å². The van der Waals surface area contributed by atoms with E-state index in [2.05, 4.69) is 11.6 Å². The first-order valence-electron chi connectivity index (χ1n) is 8.37. The first-order chi connectivity index (χ1) is 12.2. The third-order valence-electron chi connectivity index (χ3n) is 4.31. The Morgan fingerprint density at radius 2 is 2.08 bits per heavy atom. The Morgan fingerprint density at radius 3 is 2.80 bits per heavy atom. The maximum atomic E-state index is 12.1. The number of rotatable bonds is 7. The average Bonchev–Trinajstić information content (AvgIpc) is 2.99. The summed E-state index contributed by atoms with van der Waals surface area (Å²) in [5.41, 5.74) is 0.233. The second-order valence-electron chi connectivity index (χ2n) is 6.19. The molecule has 6 heteroatoms. The summed E-state index contributed by atoms with van der Waals surface area (Å²) >= 11 is 0. The number of nitrogens with one attached hydrogen (secondary N) is 1. The maximum absolute atomic E-state index is 12.1. The minimum Gasteiger partial charge on any atom is -0.374 e. The van der Waals surface area contributed by atoms with Crippen molar-refractivity contribution in [2.45, 2.75) is 31.8 Å². The van der Waals surface area contributed by atoms with Crippen LogP contribution >= 0.6 is 0 Å². The Balaban J connectivity index is 1.64. The highest BCUT2D eigenvalue weighted by atomic mass is 16.6. The molecule has 1 aromatic heterocycles. The van der Waals surface area contributed by atoms with Crippen molar-refractivity contribution >= 4 is 0 Å².